The van der Waals surface area contributed by atoms with Gasteiger partial charge in [-0.25, -0.2) is 15.0 Å². The molecule has 0 amide bonds. The topological polar surface area (TPSA) is 69.6 Å². The zero-order chi connectivity index (χ0) is 11.5. The number of nitrogens with two attached hydrogens (primary N) is 1. The number of rotatable bonds is 3. The molecule has 0 saturated heterocycles. The average molecular weight is 235 g/mol. The molecule has 0 bridgehead atoms. The van der Waals surface area contributed by atoms with Crippen LogP contribution in [0.3, 0.4) is 0 Å². The number of nitrogen functional groups attached to an aromatic ring is 1. The number of imidazole rings is 1. The molecule has 0 radical (unpaired) electrons. The Morgan fingerprint density at radius 2 is 2.25 bits per heavy atom. The number of nitrogens with zero attached hydrogens (tertiary/aromatic N) is 4. The van der Waals surface area contributed by atoms with Gasteiger partial charge < -0.3 is 10.3 Å². The van der Waals surface area contributed by atoms with Crippen molar-refractivity contribution in [1.29, 1.82) is 0 Å². The Hall–Kier alpha value is -1.56. The minimum absolute atomic E-state index is 0.517. The summed E-state index contributed by atoms with van der Waals surface area (Å²) in [5.41, 5.74) is 6.55. The van der Waals surface area contributed by atoms with Crippen LogP contribution in [0.15, 0.2) is 23.6 Å². The fourth-order valence-electron chi connectivity index (χ4n) is 1.34. The number of aromatic nitrogens is 4. The maximum atomic E-state index is 5.66. The second kappa shape index (κ2) is 4.52. The summed E-state index contributed by atoms with van der Waals surface area (Å²) in [6, 6.07) is 1.76. The monoisotopic (exact) mass is 235 g/mol. The Morgan fingerprint density at radius 1 is 1.44 bits per heavy atom. The summed E-state index contributed by atoms with van der Waals surface area (Å²) in [4.78, 5) is 12.7. The van der Waals surface area contributed by atoms with E-state index in [0.717, 1.165) is 16.7 Å². The van der Waals surface area contributed by atoms with E-state index in [1.165, 1.54) is 0 Å². The van der Waals surface area contributed by atoms with Crippen LogP contribution in [0.2, 0.25) is 0 Å². The lowest BCUT2D eigenvalue weighted by molar-refractivity contribution is 0.789. The van der Waals surface area contributed by atoms with Crippen LogP contribution >= 0.6 is 11.8 Å². The van der Waals surface area contributed by atoms with Gasteiger partial charge in [-0.3, -0.25) is 0 Å². The first-order valence-electron chi connectivity index (χ1n) is 4.85. The SMILES string of the molecule is Cc1cc(N)nc(CSc2nccn2C)n1. The van der Waals surface area contributed by atoms with Crippen molar-refractivity contribution in [3.8, 4) is 0 Å². The Labute approximate surface area is 98.1 Å². The fraction of sp³-hybridized carbons (Fsp3) is 0.300. The highest BCUT2D eigenvalue weighted by molar-refractivity contribution is 7.98. The predicted octanol–water partition coefficient (Wildman–Crippen LogP) is 1.39. The second-order valence-electron chi connectivity index (χ2n) is 3.46. The minimum Gasteiger partial charge on any atom is -0.384 e. The molecule has 2 rings (SSSR count). The highest BCUT2D eigenvalue weighted by Crippen LogP contribution is 2.19. The predicted molar refractivity (Wildman–Crippen MR) is 64.0 cm³/mol. The Kier molecular flexibility index (Phi) is 3.09. The van der Waals surface area contributed by atoms with Crippen LogP contribution in [0.5, 0.6) is 0 Å². The quantitative estimate of drug-likeness (QED) is 0.814. The van der Waals surface area contributed by atoms with Gasteiger partial charge in [-0.2, -0.15) is 0 Å². The third-order valence-electron chi connectivity index (χ3n) is 2.03. The van der Waals surface area contributed by atoms with E-state index in [1.54, 1.807) is 24.0 Å². The highest BCUT2D eigenvalue weighted by Gasteiger charge is 2.04. The maximum absolute atomic E-state index is 5.66. The molecule has 0 aliphatic rings. The molecule has 0 saturated carbocycles. The molecule has 0 aliphatic heterocycles. The van der Waals surface area contributed by atoms with Gasteiger partial charge in [0.05, 0.1) is 5.75 Å². The van der Waals surface area contributed by atoms with Gasteiger partial charge in [-0.1, -0.05) is 11.8 Å². The first-order valence-corrected chi connectivity index (χ1v) is 5.84. The van der Waals surface area contributed by atoms with Gasteiger partial charge >= 0.3 is 0 Å². The van der Waals surface area contributed by atoms with Crippen LogP contribution in [0.1, 0.15) is 11.5 Å². The van der Waals surface area contributed by atoms with E-state index in [0.29, 0.717) is 11.6 Å². The van der Waals surface area contributed by atoms with E-state index < -0.39 is 0 Å². The van der Waals surface area contributed by atoms with Gasteiger partial charge in [-0.05, 0) is 6.92 Å². The largest absolute Gasteiger partial charge is 0.384 e. The van der Waals surface area contributed by atoms with Crippen LogP contribution in [0, 0.1) is 6.92 Å². The molecule has 0 aromatic carbocycles. The molecular weight excluding hydrogens is 222 g/mol. The van der Waals surface area contributed by atoms with E-state index in [9.17, 15) is 0 Å². The van der Waals surface area contributed by atoms with E-state index >= 15 is 0 Å². The zero-order valence-electron chi connectivity index (χ0n) is 9.21. The molecule has 16 heavy (non-hydrogen) atoms. The van der Waals surface area contributed by atoms with Gasteiger partial charge in [0, 0.05) is 31.2 Å². The molecule has 0 unspecified atom stereocenters. The maximum Gasteiger partial charge on any atom is 0.168 e. The molecule has 6 heteroatoms. The third-order valence-corrected chi connectivity index (χ3v) is 3.08. The van der Waals surface area contributed by atoms with Crippen LogP contribution < -0.4 is 5.73 Å². The number of anilines is 1. The van der Waals surface area contributed by atoms with Crippen molar-refractivity contribution in [3.63, 3.8) is 0 Å². The number of thioether (sulfide) groups is 1. The van der Waals surface area contributed by atoms with Gasteiger partial charge in [-0.15, -0.1) is 0 Å². The summed E-state index contributed by atoms with van der Waals surface area (Å²) >= 11 is 1.60. The van der Waals surface area contributed by atoms with E-state index in [1.807, 2.05) is 24.7 Å². The summed E-state index contributed by atoms with van der Waals surface area (Å²) in [5, 5.41) is 0.948. The van der Waals surface area contributed by atoms with Gasteiger partial charge in [0.1, 0.15) is 11.6 Å². The normalized spacial score (nSPS) is 10.6. The molecule has 2 aromatic rings. The number of hydrogen-bond acceptors (Lipinski definition) is 5. The van der Waals surface area contributed by atoms with Crippen molar-refractivity contribution in [1.82, 2.24) is 19.5 Å². The molecule has 2 N–H and O–H groups in total. The van der Waals surface area contributed by atoms with Gasteiger partial charge in [0.2, 0.25) is 0 Å². The van der Waals surface area contributed by atoms with Crippen molar-refractivity contribution >= 4 is 17.6 Å². The molecule has 0 atom stereocenters. The summed E-state index contributed by atoms with van der Waals surface area (Å²) in [6.45, 7) is 1.91. The molecule has 84 valence electrons. The van der Waals surface area contributed by atoms with Crippen molar-refractivity contribution in [2.24, 2.45) is 7.05 Å². The molecule has 5 nitrogen and oxygen atoms in total. The summed E-state index contributed by atoms with van der Waals surface area (Å²) in [6.07, 6.45) is 3.68. The number of aryl methyl sites for hydroxylation is 2. The van der Waals surface area contributed by atoms with Crippen molar-refractivity contribution < 1.29 is 0 Å². The van der Waals surface area contributed by atoms with Crippen molar-refractivity contribution in [2.75, 3.05) is 5.73 Å². The summed E-state index contributed by atoms with van der Waals surface area (Å²) in [5.74, 6) is 1.94. The smallest absolute Gasteiger partial charge is 0.168 e. The van der Waals surface area contributed by atoms with Crippen molar-refractivity contribution in [3.05, 3.63) is 30.0 Å². The van der Waals surface area contributed by atoms with Crippen molar-refractivity contribution in [2.45, 2.75) is 17.8 Å². The van der Waals surface area contributed by atoms with Crippen LogP contribution in [0.25, 0.3) is 0 Å². The second-order valence-corrected chi connectivity index (χ2v) is 4.40. The lowest BCUT2D eigenvalue weighted by Crippen LogP contribution is -2.00. The van der Waals surface area contributed by atoms with E-state index in [-0.39, 0.29) is 0 Å². The standard InChI is InChI=1S/C10H13N5S/c1-7-5-8(11)14-9(13-7)6-16-10-12-3-4-15(10)2/h3-5H,6H2,1-2H3,(H2,11,13,14). The minimum atomic E-state index is 0.517. The molecule has 0 fully saturated rings. The van der Waals surface area contributed by atoms with Crippen LogP contribution in [-0.2, 0) is 12.8 Å². The molecular formula is C10H13N5S. The van der Waals surface area contributed by atoms with Gasteiger partial charge in [0.25, 0.3) is 0 Å². The molecule has 2 heterocycles. The van der Waals surface area contributed by atoms with Crippen LogP contribution in [0.4, 0.5) is 5.82 Å². The van der Waals surface area contributed by atoms with Crippen LogP contribution in [-0.4, -0.2) is 19.5 Å². The lowest BCUT2D eigenvalue weighted by atomic mass is 10.4. The third kappa shape index (κ3) is 2.52. The fourth-order valence-corrected chi connectivity index (χ4v) is 2.13. The lowest BCUT2D eigenvalue weighted by Gasteiger charge is -2.03. The number of hydrogen-bond donors (Lipinski definition) is 1. The Morgan fingerprint density at radius 3 is 2.88 bits per heavy atom. The first-order chi connectivity index (χ1) is 7.65. The molecule has 0 aliphatic carbocycles. The molecule has 2 aromatic heterocycles. The average Bonchev–Trinajstić information content (AvgIpc) is 2.59. The first kappa shape index (κ1) is 10.9. The van der Waals surface area contributed by atoms with E-state index in [2.05, 4.69) is 15.0 Å². The summed E-state index contributed by atoms with van der Waals surface area (Å²) < 4.78 is 1.96. The molecule has 0 spiro atoms. The van der Waals surface area contributed by atoms with E-state index in [4.69, 9.17) is 5.73 Å². The van der Waals surface area contributed by atoms with Gasteiger partial charge in [0.15, 0.2) is 5.16 Å². The Bertz CT molecular complexity index is 473. The Balaban J connectivity index is 2.07. The summed E-state index contributed by atoms with van der Waals surface area (Å²) in [7, 11) is 1.96. The highest BCUT2D eigenvalue weighted by atomic mass is 32.2. The zero-order valence-corrected chi connectivity index (χ0v) is 10.0.